The molecule has 3 N–H and O–H groups in total. The molecule has 130 valence electrons. The molecule has 2 aromatic rings. The van der Waals surface area contributed by atoms with Crippen LogP contribution >= 0.6 is 11.3 Å². The van der Waals surface area contributed by atoms with Crippen LogP contribution in [-0.4, -0.2) is 22.7 Å². The van der Waals surface area contributed by atoms with Crippen LogP contribution < -0.4 is 16.0 Å². The molecule has 2 heterocycles. The summed E-state index contributed by atoms with van der Waals surface area (Å²) in [6, 6.07) is 5.01. The quantitative estimate of drug-likeness (QED) is 0.718. The number of carbonyl (C=O) groups is 3. The molecule has 3 rings (SSSR count). The fourth-order valence-corrected chi connectivity index (χ4v) is 3.20. The number of nitrogens with one attached hydrogen (secondary N) is 3. The molecule has 0 saturated carbocycles. The van der Waals surface area contributed by atoms with Crippen LogP contribution in [0.25, 0.3) is 0 Å². The molecule has 0 radical (unpaired) electrons. The Balaban J connectivity index is 1.63. The van der Waals surface area contributed by atoms with E-state index < -0.39 is 11.8 Å². The van der Waals surface area contributed by atoms with Crippen molar-refractivity contribution >= 4 is 45.6 Å². The fraction of sp³-hybridized carbons (Fsp3) is 0.294. The SMILES string of the molecule is CC(C)(C)c1cnc(NC(=O)C(=O)Nc2ccc3c(c2)CC(=O)N3)s1. The largest absolute Gasteiger partial charge is 0.326 e. The van der Waals surface area contributed by atoms with E-state index in [2.05, 4.69) is 20.9 Å². The van der Waals surface area contributed by atoms with Crippen LogP contribution in [-0.2, 0) is 26.2 Å². The Kier molecular flexibility index (Phi) is 4.30. The van der Waals surface area contributed by atoms with E-state index >= 15 is 0 Å². The zero-order valence-corrected chi connectivity index (χ0v) is 14.9. The average molecular weight is 358 g/mol. The van der Waals surface area contributed by atoms with Crippen LogP contribution in [0.4, 0.5) is 16.5 Å². The lowest BCUT2D eigenvalue weighted by atomic mass is 9.96. The molecule has 0 fully saturated rings. The minimum Gasteiger partial charge on any atom is -0.326 e. The van der Waals surface area contributed by atoms with Gasteiger partial charge in [-0.1, -0.05) is 20.8 Å². The van der Waals surface area contributed by atoms with E-state index in [4.69, 9.17) is 0 Å². The smallest absolute Gasteiger partial charge is 0.315 e. The number of hydrogen-bond donors (Lipinski definition) is 3. The molecule has 0 unspecified atom stereocenters. The summed E-state index contributed by atoms with van der Waals surface area (Å²) in [5.74, 6) is -1.66. The molecule has 0 bridgehead atoms. The van der Waals surface area contributed by atoms with E-state index in [1.54, 1.807) is 24.4 Å². The van der Waals surface area contributed by atoms with Crippen molar-refractivity contribution < 1.29 is 14.4 Å². The molecule has 8 heteroatoms. The lowest BCUT2D eigenvalue weighted by Crippen LogP contribution is -2.29. The van der Waals surface area contributed by atoms with Crippen LogP contribution in [0.5, 0.6) is 0 Å². The van der Waals surface area contributed by atoms with Crippen LogP contribution in [0.15, 0.2) is 24.4 Å². The van der Waals surface area contributed by atoms with Gasteiger partial charge in [-0.05, 0) is 29.2 Å². The van der Waals surface area contributed by atoms with Crippen LogP contribution in [0.3, 0.4) is 0 Å². The van der Waals surface area contributed by atoms with Gasteiger partial charge in [0.1, 0.15) is 0 Å². The van der Waals surface area contributed by atoms with E-state index in [9.17, 15) is 14.4 Å². The molecule has 7 nitrogen and oxygen atoms in total. The first-order valence-corrected chi connectivity index (χ1v) is 8.55. The third-order valence-corrected chi connectivity index (χ3v) is 5.00. The van der Waals surface area contributed by atoms with Gasteiger partial charge in [0.05, 0.1) is 6.42 Å². The highest BCUT2D eigenvalue weighted by Gasteiger charge is 2.21. The second-order valence-electron chi connectivity index (χ2n) is 6.78. The Labute approximate surface area is 148 Å². The van der Waals surface area contributed by atoms with Gasteiger partial charge in [0.25, 0.3) is 0 Å². The summed E-state index contributed by atoms with van der Waals surface area (Å²) >= 11 is 1.34. The van der Waals surface area contributed by atoms with E-state index in [0.717, 1.165) is 16.1 Å². The number of hydrogen-bond acceptors (Lipinski definition) is 5. The van der Waals surface area contributed by atoms with E-state index in [1.807, 2.05) is 20.8 Å². The van der Waals surface area contributed by atoms with Gasteiger partial charge in [0.2, 0.25) is 5.91 Å². The Morgan fingerprint density at radius 1 is 1.20 bits per heavy atom. The first-order chi connectivity index (χ1) is 11.7. The zero-order chi connectivity index (χ0) is 18.2. The molecule has 0 atom stereocenters. The predicted octanol–water partition coefficient (Wildman–Crippen LogP) is 2.51. The van der Waals surface area contributed by atoms with Gasteiger partial charge in [0, 0.05) is 22.4 Å². The number of aromatic nitrogens is 1. The summed E-state index contributed by atoms with van der Waals surface area (Å²) in [5.41, 5.74) is 1.91. The molecular formula is C17H18N4O3S. The molecule has 1 aliphatic heterocycles. The van der Waals surface area contributed by atoms with Crippen molar-refractivity contribution in [3.8, 4) is 0 Å². The van der Waals surface area contributed by atoms with E-state index in [1.165, 1.54) is 11.3 Å². The van der Waals surface area contributed by atoms with Crippen molar-refractivity contribution in [2.75, 3.05) is 16.0 Å². The number of rotatable bonds is 2. The summed E-state index contributed by atoms with van der Waals surface area (Å²) in [7, 11) is 0. The van der Waals surface area contributed by atoms with Gasteiger partial charge in [-0.15, -0.1) is 11.3 Å². The summed E-state index contributed by atoms with van der Waals surface area (Å²) in [6.07, 6.45) is 1.96. The summed E-state index contributed by atoms with van der Waals surface area (Å²) in [5, 5.41) is 8.13. The maximum Gasteiger partial charge on any atom is 0.315 e. The number of nitrogens with zero attached hydrogens (tertiary/aromatic N) is 1. The molecule has 1 aromatic carbocycles. The first kappa shape index (κ1) is 17.1. The van der Waals surface area contributed by atoms with Crippen molar-refractivity contribution in [2.45, 2.75) is 32.6 Å². The maximum atomic E-state index is 12.1. The number of carbonyl (C=O) groups excluding carboxylic acids is 3. The van der Waals surface area contributed by atoms with E-state index in [0.29, 0.717) is 10.8 Å². The molecule has 0 aliphatic carbocycles. The topological polar surface area (TPSA) is 100 Å². The van der Waals surface area contributed by atoms with Crippen molar-refractivity contribution in [3.05, 3.63) is 34.8 Å². The Morgan fingerprint density at radius 2 is 1.92 bits per heavy atom. The van der Waals surface area contributed by atoms with Gasteiger partial charge in [-0.2, -0.15) is 0 Å². The Hall–Kier alpha value is -2.74. The lowest BCUT2D eigenvalue weighted by molar-refractivity contribution is -0.132. The molecule has 25 heavy (non-hydrogen) atoms. The number of benzene rings is 1. The highest BCUT2D eigenvalue weighted by Crippen LogP contribution is 2.30. The Bertz CT molecular complexity index is 867. The molecular weight excluding hydrogens is 340 g/mol. The van der Waals surface area contributed by atoms with Crippen LogP contribution in [0.1, 0.15) is 31.2 Å². The number of amides is 3. The third kappa shape index (κ3) is 3.85. The standard InChI is InChI=1S/C17H18N4O3S/c1-17(2,3)12-8-18-16(25-12)21-15(24)14(23)19-10-4-5-11-9(6-10)7-13(22)20-11/h4-6,8H,7H2,1-3H3,(H,19,23)(H,20,22)(H,18,21,24). The Morgan fingerprint density at radius 3 is 2.60 bits per heavy atom. The van der Waals surface area contributed by atoms with Crippen LogP contribution in [0, 0.1) is 0 Å². The number of thiazole rings is 1. The number of anilines is 3. The molecule has 1 aliphatic rings. The normalized spacial score (nSPS) is 13.2. The molecule has 3 amide bonds. The highest BCUT2D eigenvalue weighted by atomic mass is 32.1. The lowest BCUT2D eigenvalue weighted by Gasteiger charge is -2.14. The van der Waals surface area contributed by atoms with Gasteiger partial charge >= 0.3 is 11.8 Å². The monoisotopic (exact) mass is 358 g/mol. The first-order valence-electron chi connectivity index (χ1n) is 7.74. The van der Waals surface area contributed by atoms with Crippen molar-refractivity contribution in [1.29, 1.82) is 0 Å². The summed E-state index contributed by atoms with van der Waals surface area (Å²) < 4.78 is 0. The van der Waals surface area contributed by atoms with Gasteiger partial charge in [0.15, 0.2) is 5.13 Å². The second-order valence-corrected chi connectivity index (χ2v) is 7.82. The van der Waals surface area contributed by atoms with Crippen molar-refractivity contribution in [1.82, 2.24) is 4.98 Å². The maximum absolute atomic E-state index is 12.1. The molecule has 0 saturated heterocycles. The van der Waals surface area contributed by atoms with Crippen LogP contribution in [0.2, 0.25) is 0 Å². The summed E-state index contributed by atoms with van der Waals surface area (Å²) in [4.78, 5) is 40.6. The third-order valence-electron chi connectivity index (χ3n) is 3.66. The molecule has 0 spiro atoms. The highest BCUT2D eigenvalue weighted by molar-refractivity contribution is 7.16. The van der Waals surface area contributed by atoms with Gasteiger partial charge in [-0.3, -0.25) is 19.7 Å². The number of fused-ring (bicyclic) bond motifs is 1. The zero-order valence-electron chi connectivity index (χ0n) is 14.1. The van der Waals surface area contributed by atoms with E-state index in [-0.39, 0.29) is 17.7 Å². The predicted molar refractivity (Wildman–Crippen MR) is 96.8 cm³/mol. The molecule has 1 aromatic heterocycles. The minimum absolute atomic E-state index is 0.0706. The fourth-order valence-electron chi connectivity index (χ4n) is 2.33. The summed E-state index contributed by atoms with van der Waals surface area (Å²) in [6.45, 7) is 6.14. The van der Waals surface area contributed by atoms with Crippen molar-refractivity contribution in [3.63, 3.8) is 0 Å². The van der Waals surface area contributed by atoms with Crippen molar-refractivity contribution in [2.24, 2.45) is 0 Å². The minimum atomic E-state index is -0.787. The second kappa shape index (κ2) is 6.29. The van der Waals surface area contributed by atoms with Gasteiger partial charge in [-0.25, -0.2) is 4.98 Å². The van der Waals surface area contributed by atoms with Gasteiger partial charge < -0.3 is 10.6 Å². The average Bonchev–Trinajstić information content (AvgIpc) is 3.11.